The summed E-state index contributed by atoms with van der Waals surface area (Å²) in [5.41, 5.74) is 0.801. The fourth-order valence-electron chi connectivity index (χ4n) is 1.62. The van der Waals surface area contributed by atoms with E-state index in [1.54, 1.807) is 12.1 Å². The number of esters is 1. The van der Waals surface area contributed by atoms with Crippen LogP contribution in [0.2, 0.25) is 0 Å². The third-order valence-corrected chi connectivity index (χ3v) is 2.82. The van der Waals surface area contributed by atoms with Crippen LogP contribution in [0.4, 0.5) is 5.69 Å². The molecule has 0 N–H and O–H groups in total. The highest BCUT2D eigenvalue weighted by molar-refractivity contribution is 9.09. The number of ether oxygens (including phenoxy) is 1. The van der Waals surface area contributed by atoms with Gasteiger partial charge in [-0.15, -0.1) is 0 Å². The minimum atomic E-state index is -0.667. The van der Waals surface area contributed by atoms with E-state index in [0.29, 0.717) is 17.3 Å². The van der Waals surface area contributed by atoms with E-state index in [1.807, 2.05) is 0 Å². The number of nitro benzene ring substituents is 1. The fraction of sp³-hybridized carbons (Fsp3) is 0.250. The molecule has 6 heteroatoms. The third kappa shape index (κ3) is 2.95. The topological polar surface area (TPSA) is 69.4 Å². The van der Waals surface area contributed by atoms with Gasteiger partial charge >= 0.3 is 5.97 Å². The number of benzene rings is 1. The number of aryl methyl sites for hydroxylation is 1. The maximum Gasteiger partial charge on any atom is 0.338 e. The quantitative estimate of drug-likeness (QED) is 0.275. The Kier molecular flexibility index (Phi) is 5.03. The van der Waals surface area contributed by atoms with Gasteiger partial charge in [-0.1, -0.05) is 34.6 Å². The molecule has 0 saturated carbocycles. The fourth-order valence-corrected chi connectivity index (χ4v) is 2.05. The second-order valence-electron chi connectivity index (χ2n) is 3.48. The van der Waals surface area contributed by atoms with Crippen LogP contribution in [0, 0.1) is 10.1 Å². The van der Waals surface area contributed by atoms with Crippen molar-refractivity contribution < 1.29 is 14.5 Å². The number of halogens is 1. The molecule has 0 fully saturated rings. The van der Waals surface area contributed by atoms with Gasteiger partial charge < -0.3 is 4.74 Å². The Morgan fingerprint density at radius 1 is 1.56 bits per heavy atom. The molecule has 1 aromatic carbocycles. The predicted octanol–water partition coefficient (Wildman–Crippen LogP) is 2.72. The highest BCUT2D eigenvalue weighted by Gasteiger charge is 2.23. The van der Waals surface area contributed by atoms with Crippen LogP contribution in [0.3, 0.4) is 0 Å². The van der Waals surface area contributed by atoms with Crippen molar-refractivity contribution in [2.24, 2.45) is 0 Å². The largest absolute Gasteiger partial charge is 0.465 e. The lowest BCUT2D eigenvalue weighted by atomic mass is 9.97. The average molecular weight is 314 g/mol. The molecule has 0 saturated heterocycles. The predicted molar refractivity (Wildman–Crippen MR) is 71.6 cm³/mol. The highest BCUT2D eigenvalue weighted by Crippen LogP contribution is 2.29. The number of alkyl halides is 1. The van der Waals surface area contributed by atoms with Gasteiger partial charge in [-0.3, -0.25) is 10.1 Å². The second-order valence-corrected chi connectivity index (χ2v) is 4.27. The summed E-state index contributed by atoms with van der Waals surface area (Å²) in [4.78, 5) is 22.0. The lowest BCUT2D eigenvalue weighted by Gasteiger charge is -2.10. The zero-order valence-corrected chi connectivity index (χ0v) is 11.4. The molecule has 0 spiro atoms. The Hall–Kier alpha value is -1.69. The van der Waals surface area contributed by atoms with E-state index < -0.39 is 10.9 Å². The van der Waals surface area contributed by atoms with E-state index in [0.717, 1.165) is 0 Å². The molecule has 1 rings (SSSR count). The number of rotatable bonds is 5. The van der Waals surface area contributed by atoms with Crippen molar-refractivity contribution in [3.05, 3.63) is 46.0 Å². The Morgan fingerprint density at radius 2 is 2.22 bits per heavy atom. The summed E-state index contributed by atoms with van der Waals surface area (Å²) in [7, 11) is 1.21. The van der Waals surface area contributed by atoms with Gasteiger partial charge in [0.1, 0.15) is 0 Å². The summed E-state index contributed by atoms with van der Waals surface area (Å²) in [6.07, 6.45) is 0.563. The van der Waals surface area contributed by atoms with Crippen molar-refractivity contribution in [3.63, 3.8) is 0 Å². The molecule has 0 heterocycles. The molecule has 0 amide bonds. The molecule has 18 heavy (non-hydrogen) atoms. The Labute approximate surface area is 113 Å². The Bertz CT molecular complexity index is 499. The normalized spacial score (nSPS) is 9.89. The molecule has 1 aromatic rings. The van der Waals surface area contributed by atoms with Crippen LogP contribution in [0.1, 0.15) is 11.1 Å². The van der Waals surface area contributed by atoms with Crippen molar-refractivity contribution in [1.82, 2.24) is 0 Å². The molecular formula is C12H12BrNO4. The first-order valence-electron chi connectivity index (χ1n) is 5.12. The molecule has 0 unspecified atom stereocenters. The molecule has 0 aliphatic heterocycles. The SMILES string of the molecule is C=C(C(=O)OC)c1c(CCBr)cccc1[N+](=O)[O-]. The maximum atomic E-state index is 11.5. The zero-order chi connectivity index (χ0) is 13.7. The van der Waals surface area contributed by atoms with Crippen LogP contribution < -0.4 is 0 Å². The van der Waals surface area contributed by atoms with E-state index >= 15 is 0 Å². The second kappa shape index (κ2) is 6.30. The first-order valence-corrected chi connectivity index (χ1v) is 6.25. The summed E-state index contributed by atoms with van der Waals surface area (Å²) in [6, 6.07) is 4.67. The van der Waals surface area contributed by atoms with Crippen LogP contribution in [-0.4, -0.2) is 23.3 Å². The average Bonchev–Trinajstić information content (AvgIpc) is 2.37. The standard InChI is InChI=1S/C12H12BrNO4/c1-8(12(15)18-2)11-9(6-7-13)4-3-5-10(11)14(16)17/h3-5H,1,6-7H2,2H3. The van der Waals surface area contributed by atoms with Crippen molar-refractivity contribution >= 4 is 33.2 Å². The van der Waals surface area contributed by atoms with Crippen molar-refractivity contribution in [2.75, 3.05) is 12.4 Å². The molecule has 5 nitrogen and oxygen atoms in total. The van der Waals surface area contributed by atoms with Gasteiger partial charge in [0, 0.05) is 11.4 Å². The van der Waals surface area contributed by atoms with Crippen LogP contribution in [0.25, 0.3) is 5.57 Å². The monoisotopic (exact) mass is 313 g/mol. The molecular weight excluding hydrogens is 302 g/mol. The number of nitro groups is 1. The van der Waals surface area contributed by atoms with E-state index in [9.17, 15) is 14.9 Å². The van der Waals surface area contributed by atoms with E-state index in [-0.39, 0.29) is 16.8 Å². The summed E-state index contributed by atoms with van der Waals surface area (Å²) in [5, 5.41) is 11.6. The minimum Gasteiger partial charge on any atom is -0.465 e. The number of hydrogen-bond acceptors (Lipinski definition) is 4. The van der Waals surface area contributed by atoms with Crippen LogP contribution in [0.5, 0.6) is 0 Å². The summed E-state index contributed by atoms with van der Waals surface area (Å²) in [5.74, 6) is -0.667. The molecule has 0 atom stereocenters. The zero-order valence-electron chi connectivity index (χ0n) is 9.81. The molecule has 0 aromatic heterocycles. The molecule has 0 bridgehead atoms. The first kappa shape index (κ1) is 14.4. The summed E-state index contributed by atoms with van der Waals surface area (Å²) < 4.78 is 4.56. The van der Waals surface area contributed by atoms with Crippen molar-refractivity contribution in [2.45, 2.75) is 6.42 Å². The lowest BCUT2D eigenvalue weighted by Crippen LogP contribution is -2.08. The highest BCUT2D eigenvalue weighted by atomic mass is 79.9. The number of methoxy groups -OCH3 is 1. The van der Waals surface area contributed by atoms with E-state index in [4.69, 9.17) is 0 Å². The van der Waals surface area contributed by atoms with Gasteiger partial charge in [-0.2, -0.15) is 0 Å². The Morgan fingerprint density at radius 3 is 2.72 bits per heavy atom. The smallest absolute Gasteiger partial charge is 0.338 e. The maximum absolute atomic E-state index is 11.5. The van der Waals surface area contributed by atoms with Crippen LogP contribution in [0.15, 0.2) is 24.8 Å². The Balaban J connectivity index is 3.39. The number of carbonyl (C=O) groups is 1. The first-order chi connectivity index (χ1) is 8.52. The molecule has 0 aliphatic carbocycles. The van der Waals surface area contributed by atoms with Crippen molar-refractivity contribution in [3.8, 4) is 0 Å². The molecule has 0 aliphatic rings. The van der Waals surface area contributed by atoms with Crippen molar-refractivity contribution in [1.29, 1.82) is 0 Å². The molecule has 96 valence electrons. The number of hydrogen-bond donors (Lipinski definition) is 0. The third-order valence-electron chi connectivity index (χ3n) is 2.42. The van der Waals surface area contributed by atoms with Crippen LogP contribution in [-0.2, 0) is 16.0 Å². The number of nitrogens with zero attached hydrogens (tertiary/aromatic N) is 1. The number of carbonyl (C=O) groups excluding carboxylic acids is 1. The van der Waals surface area contributed by atoms with Gasteiger partial charge in [0.15, 0.2) is 0 Å². The van der Waals surface area contributed by atoms with E-state index in [2.05, 4.69) is 27.2 Å². The molecule has 0 radical (unpaired) electrons. The van der Waals surface area contributed by atoms with E-state index in [1.165, 1.54) is 13.2 Å². The lowest BCUT2D eigenvalue weighted by molar-refractivity contribution is -0.385. The minimum absolute atomic E-state index is 0.000694. The van der Waals surface area contributed by atoms with Crippen LogP contribution >= 0.6 is 15.9 Å². The van der Waals surface area contributed by atoms with Gasteiger partial charge in [-0.05, 0) is 12.0 Å². The summed E-state index contributed by atoms with van der Waals surface area (Å²) in [6.45, 7) is 3.59. The van der Waals surface area contributed by atoms with Gasteiger partial charge in [0.2, 0.25) is 0 Å². The summed E-state index contributed by atoms with van der Waals surface area (Å²) >= 11 is 3.27. The van der Waals surface area contributed by atoms with Gasteiger partial charge in [0.25, 0.3) is 5.69 Å². The van der Waals surface area contributed by atoms with Gasteiger partial charge in [0.05, 0.1) is 23.2 Å². The van der Waals surface area contributed by atoms with Gasteiger partial charge in [-0.25, -0.2) is 4.79 Å².